The zero-order valence-electron chi connectivity index (χ0n) is 21.3. The Hall–Kier alpha value is -3.90. The molecule has 6 heteroatoms. The lowest BCUT2D eigenvalue weighted by Crippen LogP contribution is -2.39. The second-order valence-corrected chi connectivity index (χ2v) is 9.49. The van der Waals surface area contributed by atoms with Gasteiger partial charge in [-0.25, -0.2) is 9.18 Å². The topological polar surface area (TPSA) is 50.8 Å². The van der Waals surface area contributed by atoms with Gasteiger partial charge in [0.1, 0.15) is 17.7 Å². The fourth-order valence-electron chi connectivity index (χ4n) is 5.02. The van der Waals surface area contributed by atoms with E-state index in [4.69, 9.17) is 9.47 Å². The van der Waals surface area contributed by atoms with Crippen molar-refractivity contribution in [3.8, 4) is 5.75 Å². The molecule has 1 heterocycles. The van der Waals surface area contributed by atoms with Crippen LogP contribution in [0.3, 0.4) is 0 Å². The number of halogens is 1. The summed E-state index contributed by atoms with van der Waals surface area (Å²) < 4.78 is 25.4. The zero-order valence-corrected chi connectivity index (χ0v) is 21.3. The van der Waals surface area contributed by atoms with Crippen LogP contribution >= 0.6 is 0 Å². The fourth-order valence-corrected chi connectivity index (χ4v) is 5.02. The van der Waals surface area contributed by atoms with Gasteiger partial charge >= 0.3 is 5.97 Å². The monoisotopic (exact) mass is 498 g/mol. The lowest BCUT2D eigenvalue weighted by Gasteiger charge is -2.37. The van der Waals surface area contributed by atoms with Gasteiger partial charge in [0, 0.05) is 17.8 Å². The Labute approximate surface area is 216 Å². The lowest BCUT2D eigenvalue weighted by atomic mass is 9.99. The smallest absolute Gasteiger partial charge is 0.338 e. The summed E-state index contributed by atoms with van der Waals surface area (Å²) in [5, 5.41) is 6.13. The van der Waals surface area contributed by atoms with Crippen molar-refractivity contribution in [1.29, 1.82) is 0 Å². The van der Waals surface area contributed by atoms with E-state index in [1.165, 1.54) is 35.6 Å². The number of rotatable bonds is 7. The number of carbonyl (C=O) groups excluding carboxylic acids is 1. The number of anilines is 2. The van der Waals surface area contributed by atoms with E-state index in [0.717, 1.165) is 24.2 Å². The minimum atomic E-state index is -0.393. The molecule has 2 atom stereocenters. The fraction of sp³-hybridized carbons (Fsp3) is 0.258. The summed E-state index contributed by atoms with van der Waals surface area (Å²) in [5.74, 6) is -0.105. The highest BCUT2D eigenvalue weighted by molar-refractivity contribution is 5.92. The lowest BCUT2D eigenvalue weighted by molar-refractivity contribution is 0.0600. The van der Waals surface area contributed by atoms with Crippen LogP contribution in [0.5, 0.6) is 5.75 Å². The molecule has 1 unspecified atom stereocenters. The summed E-state index contributed by atoms with van der Waals surface area (Å²) in [4.78, 5) is 14.3. The van der Waals surface area contributed by atoms with Crippen LogP contribution in [-0.4, -0.2) is 32.3 Å². The summed E-state index contributed by atoms with van der Waals surface area (Å²) in [6.45, 7) is 5.33. The van der Waals surface area contributed by atoms with Crippen LogP contribution in [0.15, 0.2) is 78.9 Å². The van der Waals surface area contributed by atoms with Gasteiger partial charge in [0.05, 0.1) is 24.9 Å². The average Bonchev–Trinajstić information content (AvgIpc) is 2.92. The van der Waals surface area contributed by atoms with Crippen LogP contribution in [0.25, 0.3) is 10.8 Å². The number of nitrogens with one attached hydrogen (secondary N) is 1. The maximum absolute atomic E-state index is 14.2. The van der Waals surface area contributed by atoms with Crippen LogP contribution in [0.1, 0.15) is 40.9 Å². The molecule has 0 bridgehead atoms. The number of esters is 1. The molecule has 37 heavy (non-hydrogen) atoms. The van der Waals surface area contributed by atoms with Gasteiger partial charge in [-0.15, -0.1) is 0 Å². The number of nitrogens with zero attached hydrogens (tertiary/aromatic N) is 1. The van der Waals surface area contributed by atoms with Gasteiger partial charge in [0.25, 0.3) is 0 Å². The van der Waals surface area contributed by atoms with Gasteiger partial charge in [-0.2, -0.15) is 0 Å². The molecule has 0 spiro atoms. The third-order valence-corrected chi connectivity index (χ3v) is 7.04. The van der Waals surface area contributed by atoms with Crippen molar-refractivity contribution >= 4 is 28.1 Å². The molecular weight excluding hydrogens is 467 g/mol. The van der Waals surface area contributed by atoms with E-state index in [1.54, 1.807) is 12.1 Å². The Morgan fingerprint density at radius 2 is 1.92 bits per heavy atom. The maximum atomic E-state index is 14.2. The molecule has 0 aliphatic carbocycles. The van der Waals surface area contributed by atoms with Crippen molar-refractivity contribution in [3.05, 3.63) is 101 Å². The summed E-state index contributed by atoms with van der Waals surface area (Å²) in [7, 11) is 1.37. The molecule has 0 aromatic heterocycles. The van der Waals surface area contributed by atoms with Gasteiger partial charge in [-0.1, -0.05) is 48.5 Å². The van der Waals surface area contributed by atoms with Gasteiger partial charge in [-0.05, 0) is 73.0 Å². The van der Waals surface area contributed by atoms with E-state index in [9.17, 15) is 9.18 Å². The molecular formula is C31H31FN2O3. The number of fused-ring (bicyclic) bond motifs is 2. The van der Waals surface area contributed by atoms with E-state index in [0.29, 0.717) is 23.5 Å². The Morgan fingerprint density at radius 3 is 2.76 bits per heavy atom. The molecule has 1 aliphatic heterocycles. The van der Waals surface area contributed by atoms with Crippen molar-refractivity contribution in [1.82, 2.24) is 5.32 Å². The van der Waals surface area contributed by atoms with Crippen LogP contribution in [0, 0.1) is 12.7 Å². The van der Waals surface area contributed by atoms with Crippen LogP contribution in [-0.2, 0) is 4.74 Å². The first-order valence-electron chi connectivity index (χ1n) is 12.6. The molecule has 5 rings (SSSR count). The van der Waals surface area contributed by atoms with Crippen LogP contribution in [0.4, 0.5) is 15.8 Å². The standard InChI is InChI=1S/C31H31FN2O3/c1-20-11-13-24(18-28(20)31(35)36-3)34-19-25(37-30-14-12-23(32)17-29(30)34)15-16-33-21(2)26-10-6-8-22-7-4-5-9-27(22)26/h4-14,17-18,21,25,33H,15-16,19H2,1-3H3/t21-,25?/m1/s1. The first-order chi connectivity index (χ1) is 17.9. The third-order valence-electron chi connectivity index (χ3n) is 7.04. The van der Waals surface area contributed by atoms with Crippen LogP contribution < -0.4 is 15.0 Å². The Balaban J connectivity index is 1.34. The molecule has 4 aromatic rings. The van der Waals surface area contributed by atoms with E-state index in [-0.39, 0.29) is 18.0 Å². The number of hydrogen-bond acceptors (Lipinski definition) is 5. The van der Waals surface area contributed by atoms with Crippen molar-refractivity contribution in [2.24, 2.45) is 0 Å². The second-order valence-electron chi connectivity index (χ2n) is 9.49. The number of carbonyl (C=O) groups is 1. The summed E-state index contributed by atoms with van der Waals surface area (Å²) in [6, 6.07) is 25.2. The molecule has 190 valence electrons. The largest absolute Gasteiger partial charge is 0.486 e. The predicted octanol–water partition coefficient (Wildman–Crippen LogP) is 6.71. The highest BCUT2D eigenvalue weighted by Crippen LogP contribution is 2.39. The van der Waals surface area contributed by atoms with Gasteiger partial charge in [-0.3, -0.25) is 0 Å². The van der Waals surface area contributed by atoms with E-state index < -0.39 is 5.97 Å². The number of hydrogen-bond donors (Lipinski definition) is 1. The quantitative estimate of drug-likeness (QED) is 0.287. The Morgan fingerprint density at radius 1 is 1.11 bits per heavy atom. The molecule has 0 fully saturated rings. The van der Waals surface area contributed by atoms with Gasteiger partial charge < -0.3 is 19.7 Å². The first-order valence-corrected chi connectivity index (χ1v) is 12.6. The Bertz CT molecular complexity index is 1430. The average molecular weight is 499 g/mol. The van der Waals surface area contributed by atoms with Gasteiger partial charge in [0.15, 0.2) is 0 Å². The Kier molecular flexibility index (Phi) is 7.10. The number of methoxy groups -OCH3 is 1. The number of ether oxygens (including phenoxy) is 2. The molecule has 1 N–H and O–H groups in total. The highest BCUT2D eigenvalue weighted by Gasteiger charge is 2.28. The normalized spacial score (nSPS) is 15.7. The highest BCUT2D eigenvalue weighted by atomic mass is 19.1. The van der Waals surface area contributed by atoms with E-state index >= 15 is 0 Å². The maximum Gasteiger partial charge on any atom is 0.338 e. The molecule has 0 saturated heterocycles. The molecule has 0 amide bonds. The van der Waals surface area contributed by atoms with Crippen molar-refractivity contribution in [2.45, 2.75) is 32.4 Å². The van der Waals surface area contributed by atoms with Crippen molar-refractivity contribution in [3.63, 3.8) is 0 Å². The van der Waals surface area contributed by atoms with E-state index in [2.05, 4.69) is 54.7 Å². The second kappa shape index (κ2) is 10.6. The molecule has 0 saturated carbocycles. The number of aryl methyl sites for hydroxylation is 1. The number of benzene rings is 4. The van der Waals surface area contributed by atoms with Crippen LogP contribution in [0.2, 0.25) is 0 Å². The summed E-state index contributed by atoms with van der Waals surface area (Å²) in [5.41, 5.74) is 4.02. The minimum absolute atomic E-state index is 0.118. The van der Waals surface area contributed by atoms with Gasteiger partial charge in [0.2, 0.25) is 0 Å². The van der Waals surface area contributed by atoms with Crippen molar-refractivity contribution < 1.29 is 18.7 Å². The molecule has 0 radical (unpaired) electrons. The zero-order chi connectivity index (χ0) is 25.9. The molecule has 1 aliphatic rings. The third kappa shape index (κ3) is 5.16. The predicted molar refractivity (Wildman–Crippen MR) is 145 cm³/mol. The molecule has 4 aromatic carbocycles. The summed E-state index contributed by atoms with van der Waals surface area (Å²) >= 11 is 0. The minimum Gasteiger partial charge on any atom is -0.486 e. The molecule has 5 nitrogen and oxygen atoms in total. The first kappa shape index (κ1) is 24.8. The summed E-state index contributed by atoms with van der Waals surface area (Å²) in [6.07, 6.45) is 0.645. The SMILES string of the molecule is COC(=O)c1cc(N2CC(CCN[C@H](C)c3cccc4ccccc34)Oc3ccc(F)cc32)ccc1C. The van der Waals surface area contributed by atoms with Crippen molar-refractivity contribution in [2.75, 3.05) is 25.1 Å². The van der Waals surface area contributed by atoms with E-state index in [1.807, 2.05) is 24.0 Å².